The lowest BCUT2D eigenvalue weighted by Crippen LogP contribution is -2.36. The minimum atomic E-state index is 0.276. The zero-order valence-corrected chi connectivity index (χ0v) is 20.2. The molecule has 1 fully saturated rings. The van der Waals surface area contributed by atoms with Crippen molar-refractivity contribution in [2.45, 2.75) is 86.1 Å². The van der Waals surface area contributed by atoms with Crippen LogP contribution in [0.5, 0.6) is 0 Å². The number of unbranched alkanes of at least 4 members (excludes halogenated alkanes) is 2. The molecule has 30 heavy (non-hydrogen) atoms. The maximum absolute atomic E-state index is 5.58. The first-order valence-electron chi connectivity index (χ1n) is 12.2. The van der Waals surface area contributed by atoms with E-state index >= 15 is 0 Å². The van der Waals surface area contributed by atoms with Crippen LogP contribution in [0.25, 0.3) is 6.08 Å². The minimum absolute atomic E-state index is 0.276. The van der Waals surface area contributed by atoms with Gasteiger partial charge in [0.2, 0.25) is 0 Å². The summed E-state index contributed by atoms with van der Waals surface area (Å²) in [7, 11) is 0. The molecule has 0 amide bonds. The zero-order valence-electron chi connectivity index (χ0n) is 20.2. The van der Waals surface area contributed by atoms with Crippen molar-refractivity contribution in [3.05, 3.63) is 51.6 Å². The van der Waals surface area contributed by atoms with Crippen molar-refractivity contribution in [3.63, 3.8) is 0 Å². The van der Waals surface area contributed by atoms with Crippen LogP contribution in [-0.4, -0.2) is 31.2 Å². The third-order valence-corrected chi connectivity index (χ3v) is 6.99. The van der Waals surface area contributed by atoms with E-state index in [9.17, 15) is 0 Å². The monoisotopic (exact) mass is 409 g/mol. The highest BCUT2D eigenvalue weighted by molar-refractivity contribution is 5.64. The second kappa shape index (κ2) is 10.8. The molecule has 3 rings (SSSR count). The van der Waals surface area contributed by atoms with Gasteiger partial charge in [-0.15, -0.1) is 0 Å². The lowest BCUT2D eigenvalue weighted by molar-refractivity contribution is 0.0340. The Morgan fingerprint density at radius 2 is 1.97 bits per heavy atom. The van der Waals surface area contributed by atoms with Gasteiger partial charge in [0.25, 0.3) is 0 Å². The Morgan fingerprint density at radius 1 is 1.20 bits per heavy atom. The highest BCUT2D eigenvalue weighted by atomic mass is 16.5. The van der Waals surface area contributed by atoms with Gasteiger partial charge in [0, 0.05) is 19.6 Å². The third kappa shape index (κ3) is 6.08. The molecule has 1 aromatic carbocycles. The summed E-state index contributed by atoms with van der Waals surface area (Å²) < 4.78 is 5.58. The molecule has 2 nitrogen and oxygen atoms in total. The van der Waals surface area contributed by atoms with Gasteiger partial charge in [-0.25, -0.2) is 0 Å². The summed E-state index contributed by atoms with van der Waals surface area (Å²) in [5.41, 5.74) is 9.49. The fraction of sp³-hybridized carbons (Fsp3) is 0.643. The average molecular weight is 410 g/mol. The highest BCUT2D eigenvalue weighted by Crippen LogP contribution is 2.39. The van der Waals surface area contributed by atoms with Crippen molar-refractivity contribution < 1.29 is 4.74 Å². The summed E-state index contributed by atoms with van der Waals surface area (Å²) in [4.78, 5) is 2.58. The molecule has 166 valence electrons. The van der Waals surface area contributed by atoms with Crippen molar-refractivity contribution in [2.24, 2.45) is 5.41 Å². The lowest BCUT2D eigenvalue weighted by atomic mass is 9.73. The van der Waals surface area contributed by atoms with E-state index in [1.807, 2.05) is 0 Å². The number of fused-ring (bicyclic) bond motifs is 1. The smallest absolute Gasteiger partial charge is 0.0594 e. The number of hydrogen-bond acceptors (Lipinski definition) is 2. The van der Waals surface area contributed by atoms with E-state index in [4.69, 9.17) is 4.74 Å². The Morgan fingerprint density at radius 3 is 2.67 bits per heavy atom. The Bertz CT molecular complexity index is 765. The third-order valence-electron chi connectivity index (χ3n) is 6.99. The largest absolute Gasteiger partial charge is 0.379 e. The molecule has 0 N–H and O–H groups in total. The van der Waals surface area contributed by atoms with Gasteiger partial charge in [-0.1, -0.05) is 56.6 Å². The maximum atomic E-state index is 5.58. The van der Waals surface area contributed by atoms with Crippen LogP contribution in [0.1, 0.15) is 87.6 Å². The van der Waals surface area contributed by atoms with E-state index in [-0.39, 0.29) is 5.41 Å². The van der Waals surface area contributed by atoms with Gasteiger partial charge in [0.1, 0.15) is 0 Å². The number of rotatable bonds is 9. The average Bonchev–Trinajstić information content (AvgIpc) is 2.71. The molecule has 2 aliphatic rings. The van der Waals surface area contributed by atoms with Gasteiger partial charge in [-0.05, 0) is 86.1 Å². The van der Waals surface area contributed by atoms with Crippen LogP contribution in [-0.2, 0) is 24.1 Å². The molecule has 2 heteroatoms. The van der Waals surface area contributed by atoms with Gasteiger partial charge in [0.15, 0.2) is 0 Å². The number of benzene rings is 1. The molecule has 0 saturated carbocycles. The molecule has 1 atom stereocenters. The van der Waals surface area contributed by atoms with Gasteiger partial charge in [-0.2, -0.15) is 0 Å². The molecule has 0 radical (unpaired) electrons. The summed E-state index contributed by atoms with van der Waals surface area (Å²) in [6.45, 7) is 16.5. The van der Waals surface area contributed by atoms with Crippen molar-refractivity contribution >= 4 is 6.08 Å². The number of morpholine rings is 1. The normalized spacial score (nSPS) is 21.5. The second-order valence-electron chi connectivity index (χ2n) is 10.0. The predicted octanol–water partition coefficient (Wildman–Crippen LogP) is 6.88. The first kappa shape index (κ1) is 23.3. The minimum Gasteiger partial charge on any atom is -0.379 e. The van der Waals surface area contributed by atoms with Gasteiger partial charge >= 0.3 is 0 Å². The predicted molar refractivity (Wildman–Crippen MR) is 130 cm³/mol. The topological polar surface area (TPSA) is 12.5 Å². The summed E-state index contributed by atoms with van der Waals surface area (Å²) in [5.74, 6) is 0. The maximum Gasteiger partial charge on any atom is 0.0594 e. The lowest BCUT2D eigenvalue weighted by Gasteiger charge is -2.33. The quantitative estimate of drug-likeness (QED) is 0.325. The van der Waals surface area contributed by atoms with E-state index in [2.05, 4.69) is 63.8 Å². The van der Waals surface area contributed by atoms with Crippen molar-refractivity contribution in [3.8, 4) is 0 Å². The Kier molecular flexibility index (Phi) is 8.36. The van der Waals surface area contributed by atoms with Crippen LogP contribution in [0, 0.1) is 12.3 Å². The Labute approximate surface area is 185 Å². The molecular weight excluding hydrogens is 366 g/mol. The highest BCUT2D eigenvalue weighted by Gasteiger charge is 2.28. The zero-order chi connectivity index (χ0) is 21.6. The Balaban J connectivity index is 1.86. The van der Waals surface area contributed by atoms with Crippen LogP contribution in [0.3, 0.4) is 0 Å². The van der Waals surface area contributed by atoms with Crippen LogP contribution < -0.4 is 0 Å². The number of aryl methyl sites for hydroxylation is 1. The fourth-order valence-electron chi connectivity index (χ4n) is 5.03. The van der Waals surface area contributed by atoms with E-state index < -0.39 is 0 Å². The summed E-state index contributed by atoms with van der Waals surface area (Å²) in [6, 6.07) is 2.58. The molecule has 1 aliphatic carbocycles. The summed E-state index contributed by atoms with van der Waals surface area (Å²) in [6.07, 6.45) is 16.0. The number of hydrogen-bond donors (Lipinski definition) is 0. The molecule has 1 saturated heterocycles. The number of ether oxygens (including phenoxy) is 1. The number of allylic oxidation sites excluding steroid dienone is 3. The van der Waals surface area contributed by atoms with Crippen LogP contribution in [0.4, 0.5) is 0 Å². The standard InChI is InChI=1S/C28H43NO/c1-6-7-8-11-24-19-25-20-28(5,13-9-10-22(2)3)14-12-26(25)23(4)27(24)21-29-15-17-30-18-16-29/h10,12,14,19H,6-9,11,13,15-18,20-21H2,1-5H3. The van der Waals surface area contributed by atoms with Gasteiger partial charge in [0.05, 0.1) is 13.2 Å². The molecule has 0 bridgehead atoms. The first-order chi connectivity index (χ1) is 14.4. The van der Waals surface area contributed by atoms with Crippen LogP contribution >= 0.6 is 0 Å². The van der Waals surface area contributed by atoms with Crippen molar-refractivity contribution in [1.82, 2.24) is 4.90 Å². The second-order valence-corrected chi connectivity index (χ2v) is 10.0. The van der Waals surface area contributed by atoms with Crippen LogP contribution in [0.2, 0.25) is 0 Å². The van der Waals surface area contributed by atoms with Crippen molar-refractivity contribution in [2.75, 3.05) is 26.3 Å². The molecular formula is C28H43NO. The SMILES string of the molecule is CCCCCc1cc2c(c(C)c1CN1CCOCC1)C=CC(C)(CCC=C(C)C)C2. The molecule has 1 unspecified atom stereocenters. The van der Waals surface area contributed by atoms with Gasteiger partial charge < -0.3 is 4.74 Å². The summed E-state index contributed by atoms with van der Waals surface area (Å²) in [5, 5.41) is 0. The van der Waals surface area contributed by atoms with Gasteiger partial charge in [-0.3, -0.25) is 4.90 Å². The molecule has 0 aromatic heterocycles. The fourth-order valence-corrected chi connectivity index (χ4v) is 5.03. The Hall–Kier alpha value is -1.38. The first-order valence-corrected chi connectivity index (χ1v) is 12.2. The molecule has 0 spiro atoms. The van der Waals surface area contributed by atoms with E-state index in [1.54, 1.807) is 16.7 Å². The molecule has 1 heterocycles. The van der Waals surface area contributed by atoms with E-state index in [0.29, 0.717) is 0 Å². The number of nitrogens with zero attached hydrogens (tertiary/aromatic N) is 1. The van der Waals surface area contributed by atoms with E-state index in [1.165, 1.54) is 61.6 Å². The summed E-state index contributed by atoms with van der Waals surface area (Å²) >= 11 is 0. The van der Waals surface area contributed by atoms with Crippen LogP contribution in [0.15, 0.2) is 23.8 Å². The van der Waals surface area contributed by atoms with E-state index in [0.717, 1.165) is 32.8 Å². The molecule has 1 aromatic rings. The molecule has 1 aliphatic heterocycles. The van der Waals surface area contributed by atoms with Crippen molar-refractivity contribution in [1.29, 1.82) is 0 Å².